The number of para-hydroxylation sites is 1. The molecular weight excluding hydrogens is 395 g/mol. The summed E-state index contributed by atoms with van der Waals surface area (Å²) in [7, 11) is 0. The lowest BCUT2D eigenvalue weighted by atomic mass is 10.0. The smallest absolute Gasteiger partial charge is 0.185 e. The van der Waals surface area contributed by atoms with Gasteiger partial charge in [-0.3, -0.25) is 4.79 Å². The van der Waals surface area contributed by atoms with Crippen LogP contribution in [-0.2, 0) is 6.61 Å². The lowest BCUT2D eigenvalue weighted by Gasteiger charge is -2.07. The largest absolute Gasteiger partial charge is 0.483 e. The fraction of sp³-hybridized carbons (Fsp3) is 0.174. The number of benzene rings is 2. The number of hydrogen-bond acceptors (Lipinski definition) is 3. The van der Waals surface area contributed by atoms with E-state index in [4.69, 9.17) is 32.4 Å². The van der Waals surface area contributed by atoms with Gasteiger partial charge in [0.25, 0.3) is 0 Å². The fourth-order valence-electron chi connectivity index (χ4n) is 2.61. The molecule has 0 bridgehead atoms. The number of rotatable bonds is 7. The highest BCUT2D eigenvalue weighted by Gasteiger charge is 2.09. The van der Waals surface area contributed by atoms with Crippen molar-refractivity contribution >= 4 is 35.1 Å². The molecule has 1 aromatic heterocycles. The Balaban J connectivity index is 1.61. The average Bonchev–Trinajstić information content (AvgIpc) is 3.13. The molecule has 0 amide bonds. The zero-order chi connectivity index (χ0) is 20.1. The van der Waals surface area contributed by atoms with Gasteiger partial charge in [-0.25, -0.2) is 0 Å². The average molecular weight is 415 g/mol. The van der Waals surface area contributed by atoms with Crippen LogP contribution < -0.4 is 4.74 Å². The monoisotopic (exact) mass is 414 g/mol. The van der Waals surface area contributed by atoms with Crippen molar-refractivity contribution in [2.75, 3.05) is 0 Å². The topological polar surface area (TPSA) is 39.4 Å². The van der Waals surface area contributed by atoms with Gasteiger partial charge >= 0.3 is 0 Å². The van der Waals surface area contributed by atoms with Crippen LogP contribution in [-0.4, -0.2) is 5.78 Å². The van der Waals surface area contributed by atoms with E-state index in [2.05, 4.69) is 13.8 Å². The molecule has 0 saturated heterocycles. The molecule has 0 spiro atoms. The Morgan fingerprint density at radius 3 is 2.36 bits per heavy atom. The van der Waals surface area contributed by atoms with Gasteiger partial charge in [0, 0.05) is 5.56 Å². The first-order valence-corrected chi connectivity index (χ1v) is 9.67. The van der Waals surface area contributed by atoms with Crippen LogP contribution in [0.2, 0.25) is 10.0 Å². The molecule has 0 atom stereocenters. The quantitative estimate of drug-likeness (QED) is 0.303. The maximum absolute atomic E-state index is 12.3. The van der Waals surface area contributed by atoms with Crippen LogP contribution >= 0.6 is 23.2 Å². The third kappa shape index (κ3) is 5.06. The second kappa shape index (κ2) is 9.13. The minimum absolute atomic E-state index is 0.0765. The van der Waals surface area contributed by atoms with Crippen LogP contribution in [0.4, 0.5) is 0 Å². The van der Waals surface area contributed by atoms with Gasteiger partial charge in [0.15, 0.2) is 11.5 Å². The van der Waals surface area contributed by atoms with E-state index in [1.165, 1.54) is 11.6 Å². The van der Waals surface area contributed by atoms with E-state index in [1.807, 2.05) is 24.3 Å². The number of hydrogen-bond donors (Lipinski definition) is 0. The van der Waals surface area contributed by atoms with E-state index in [0.29, 0.717) is 38.8 Å². The Hall–Kier alpha value is -2.49. The van der Waals surface area contributed by atoms with Crippen molar-refractivity contribution in [1.82, 2.24) is 0 Å². The summed E-state index contributed by atoms with van der Waals surface area (Å²) in [5.41, 5.74) is 1.85. The molecule has 0 saturated carbocycles. The van der Waals surface area contributed by atoms with Gasteiger partial charge in [0.05, 0.1) is 10.0 Å². The van der Waals surface area contributed by atoms with E-state index in [-0.39, 0.29) is 12.4 Å². The number of allylic oxidation sites excluding steroid dienone is 1. The van der Waals surface area contributed by atoms with Gasteiger partial charge in [0.1, 0.15) is 18.1 Å². The Morgan fingerprint density at radius 1 is 1.04 bits per heavy atom. The first kappa shape index (κ1) is 20.2. The second-order valence-corrected chi connectivity index (χ2v) is 7.43. The summed E-state index contributed by atoms with van der Waals surface area (Å²) < 4.78 is 11.3. The first-order chi connectivity index (χ1) is 13.4. The predicted molar refractivity (Wildman–Crippen MR) is 113 cm³/mol. The molecule has 0 fully saturated rings. The van der Waals surface area contributed by atoms with Gasteiger partial charge in [-0.15, -0.1) is 0 Å². The summed E-state index contributed by atoms with van der Waals surface area (Å²) in [4.78, 5) is 12.3. The van der Waals surface area contributed by atoms with Crippen molar-refractivity contribution < 1.29 is 13.9 Å². The standard InChI is InChI=1S/C23H20Cl2O3/c1-15(2)16-6-8-17(9-7-16)22(26)13-12-18-10-11-19(28-18)14-27-23-20(24)4-3-5-21(23)25/h3-13,15H,14H2,1-2H3/b13-12+. The highest BCUT2D eigenvalue weighted by atomic mass is 35.5. The van der Waals surface area contributed by atoms with Gasteiger partial charge in [0.2, 0.25) is 0 Å². The third-order valence-electron chi connectivity index (χ3n) is 4.22. The minimum atomic E-state index is -0.0765. The number of ether oxygens (including phenoxy) is 1. The number of ketones is 1. The van der Waals surface area contributed by atoms with Crippen molar-refractivity contribution in [3.63, 3.8) is 0 Å². The third-order valence-corrected chi connectivity index (χ3v) is 4.82. The maximum Gasteiger partial charge on any atom is 0.185 e. The van der Waals surface area contributed by atoms with Crippen molar-refractivity contribution in [2.24, 2.45) is 0 Å². The van der Waals surface area contributed by atoms with Crippen molar-refractivity contribution in [3.05, 3.63) is 93.4 Å². The molecule has 3 aromatic rings. The molecule has 0 aliphatic heterocycles. The normalized spacial score (nSPS) is 11.3. The molecule has 28 heavy (non-hydrogen) atoms. The summed E-state index contributed by atoms with van der Waals surface area (Å²) in [5, 5.41) is 0.876. The molecule has 144 valence electrons. The molecule has 3 rings (SSSR count). The maximum atomic E-state index is 12.3. The number of carbonyl (C=O) groups excluding carboxylic acids is 1. The summed E-state index contributed by atoms with van der Waals surface area (Å²) in [6.07, 6.45) is 3.14. The molecule has 0 radical (unpaired) electrons. The second-order valence-electron chi connectivity index (χ2n) is 6.62. The van der Waals surface area contributed by atoms with Gasteiger partial charge in [-0.2, -0.15) is 0 Å². The predicted octanol–water partition coefficient (Wildman–Crippen LogP) is 7.18. The molecule has 0 aliphatic carbocycles. The molecule has 0 unspecified atom stereocenters. The van der Waals surface area contributed by atoms with E-state index in [9.17, 15) is 4.79 Å². The highest BCUT2D eigenvalue weighted by Crippen LogP contribution is 2.33. The highest BCUT2D eigenvalue weighted by molar-refractivity contribution is 6.37. The van der Waals surface area contributed by atoms with E-state index < -0.39 is 0 Å². The Labute approximate surface area is 174 Å². The lowest BCUT2D eigenvalue weighted by Crippen LogP contribution is -1.95. The van der Waals surface area contributed by atoms with Crippen LogP contribution in [0.3, 0.4) is 0 Å². The van der Waals surface area contributed by atoms with Crippen molar-refractivity contribution in [1.29, 1.82) is 0 Å². The summed E-state index contributed by atoms with van der Waals surface area (Å²) >= 11 is 12.2. The number of carbonyl (C=O) groups is 1. The van der Waals surface area contributed by atoms with E-state index >= 15 is 0 Å². The summed E-state index contributed by atoms with van der Waals surface area (Å²) in [5.74, 6) is 1.94. The van der Waals surface area contributed by atoms with Crippen LogP contribution in [0.1, 0.15) is 47.2 Å². The zero-order valence-electron chi connectivity index (χ0n) is 15.6. The minimum Gasteiger partial charge on any atom is -0.483 e. The van der Waals surface area contributed by atoms with Crippen molar-refractivity contribution in [2.45, 2.75) is 26.4 Å². The lowest BCUT2D eigenvalue weighted by molar-refractivity contribution is 0.104. The molecule has 1 heterocycles. The van der Waals surface area contributed by atoms with Crippen LogP contribution in [0.15, 0.2) is 65.1 Å². The molecule has 3 nitrogen and oxygen atoms in total. The molecule has 5 heteroatoms. The van der Waals surface area contributed by atoms with Gasteiger partial charge in [-0.05, 0) is 47.9 Å². The summed E-state index contributed by atoms with van der Waals surface area (Å²) in [6.45, 7) is 4.42. The van der Waals surface area contributed by atoms with Gasteiger partial charge < -0.3 is 9.15 Å². The molecule has 2 aromatic carbocycles. The number of halogens is 2. The van der Waals surface area contributed by atoms with Crippen LogP contribution in [0, 0.1) is 0 Å². The Morgan fingerprint density at radius 2 is 1.71 bits per heavy atom. The zero-order valence-corrected chi connectivity index (χ0v) is 17.1. The van der Waals surface area contributed by atoms with E-state index in [0.717, 1.165) is 0 Å². The van der Waals surface area contributed by atoms with E-state index in [1.54, 1.807) is 36.4 Å². The summed E-state index contributed by atoms with van der Waals surface area (Å²) in [6, 6.07) is 16.4. The first-order valence-electron chi connectivity index (χ1n) is 8.92. The molecule has 0 N–H and O–H groups in total. The van der Waals surface area contributed by atoms with Crippen LogP contribution in [0.25, 0.3) is 6.08 Å². The van der Waals surface area contributed by atoms with Gasteiger partial charge in [-0.1, -0.05) is 67.4 Å². The fourth-order valence-corrected chi connectivity index (χ4v) is 3.12. The molecular formula is C23H20Cl2O3. The Kier molecular flexibility index (Phi) is 6.61. The Bertz CT molecular complexity index is 965. The van der Waals surface area contributed by atoms with Crippen molar-refractivity contribution in [3.8, 4) is 5.75 Å². The van der Waals surface area contributed by atoms with Crippen LogP contribution in [0.5, 0.6) is 5.75 Å². The molecule has 0 aliphatic rings. The SMILES string of the molecule is CC(C)c1ccc(C(=O)/C=C/c2ccc(COc3c(Cl)cccc3Cl)o2)cc1. The number of furan rings is 1.